The van der Waals surface area contributed by atoms with Crippen molar-refractivity contribution in [2.24, 2.45) is 5.73 Å². The molecule has 3 aromatic rings. The summed E-state index contributed by atoms with van der Waals surface area (Å²) in [5, 5.41) is 22.0. The van der Waals surface area contributed by atoms with E-state index in [2.05, 4.69) is 5.32 Å². The van der Waals surface area contributed by atoms with Crippen LogP contribution >= 0.6 is 0 Å². The molecule has 1 heterocycles. The van der Waals surface area contributed by atoms with Crippen molar-refractivity contribution in [1.29, 1.82) is 0 Å². The Morgan fingerprint density at radius 3 is 2.68 bits per heavy atom. The van der Waals surface area contributed by atoms with E-state index in [-0.39, 0.29) is 11.3 Å². The molecule has 0 saturated carbocycles. The number of hydrogen-bond acceptors (Lipinski definition) is 5. The Balaban J connectivity index is 1.72. The van der Waals surface area contributed by atoms with Crippen molar-refractivity contribution in [2.45, 2.75) is 13.1 Å². The molecule has 0 aliphatic carbocycles. The summed E-state index contributed by atoms with van der Waals surface area (Å²) >= 11 is 0. The van der Waals surface area contributed by atoms with E-state index in [0.29, 0.717) is 24.4 Å². The highest BCUT2D eigenvalue weighted by molar-refractivity contribution is 5.91. The second-order valence-electron chi connectivity index (χ2n) is 5.56. The molecule has 5 N–H and O–H groups in total. The first kappa shape index (κ1) is 16.6. The van der Waals surface area contributed by atoms with Crippen molar-refractivity contribution >= 4 is 11.7 Å². The molecule has 0 aliphatic heterocycles. The zero-order valence-corrected chi connectivity index (χ0v) is 13.4. The van der Waals surface area contributed by atoms with Crippen molar-refractivity contribution in [3.63, 3.8) is 0 Å². The fraction of sp³-hybridized carbons (Fsp3) is 0.105. The van der Waals surface area contributed by atoms with Crippen LogP contribution in [-0.2, 0) is 13.1 Å². The summed E-state index contributed by atoms with van der Waals surface area (Å²) in [7, 11) is 0. The van der Waals surface area contributed by atoms with Crippen molar-refractivity contribution in [3.05, 3.63) is 71.5 Å². The average Bonchev–Trinajstić information content (AvgIpc) is 3.09. The molecule has 6 nitrogen and oxygen atoms in total. The molecule has 0 amide bonds. The van der Waals surface area contributed by atoms with Gasteiger partial charge in [0.25, 0.3) is 0 Å². The molecule has 3 rings (SSSR count). The minimum absolute atomic E-state index is 0.142. The first-order chi connectivity index (χ1) is 12.1. The number of anilines is 1. The standard InChI is InChI=1S/C19H18N2O4/c20-10-12-2-1-3-14(8-12)21-11-15-5-7-18(25-15)13-4-6-16(19(23)24)17(22)9-13/h1-9,21-22H,10-11,20H2,(H,23,24). The molecule has 128 valence electrons. The summed E-state index contributed by atoms with van der Waals surface area (Å²) in [6.45, 7) is 0.976. The summed E-state index contributed by atoms with van der Waals surface area (Å²) in [5.74, 6) is -0.192. The third-order valence-corrected chi connectivity index (χ3v) is 3.80. The number of hydrogen-bond donors (Lipinski definition) is 4. The van der Waals surface area contributed by atoms with Crippen LogP contribution in [0.25, 0.3) is 11.3 Å². The largest absolute Gasteiger partial charge is 0.507 e. The molecule has 25 heavy (non-hydrogen) atoms. The highest BCUT2D eigenvalue weighted by atomic mass is 16.4. The van der Waals surface area contributed by atoms with E-state index in [1.807, 2.05) is 30.3 Å². The number of carboxylic acid groups (broad SMARTS) is 1. The van der Waals surface area contributed by atoms with Gasteiger partial charge >= 0.3 is 5.97 Å². The molecule has 2 aromatic carbocycles. The predicted octanol–water partition coefficient (Wildman–Crippen LogP) is 3.42. The first-order valence-electron chi connectivity index (χ1n) is 7.75. The van der Waals surface area contributed by atoms with Crippen LogP contribution in [0.2, 0.25) is 0 Å². The number of rotatable bonds is 6. The lowest BCUT2D eigenvalue weighted by Crippen LogP contribution is -2.00. The van der Waals surface area contributed by atoms with Gasteiger partial charge < -0.3 is 25.7 Å². The van der Waals surface area contributed by atoms with Gasteiger partial charge in [0.15, 0.2) is 0 Å². The van der Waals surface area contributed by atoms with Gasteiger partial charge in [0.05, 0.1) is 6.54 Å². The third kappa shape index (κ3) is 3.81. The van der Waals surface area contributed by atoms with Crippen molar-refractivity contribution < 1.29 is 19.4 Å². The number of carboxylic acids is 1. The predicted molar refractivity (Wildman–Crippen MR) is 94.4 cm³/mol. The lowest BCUT2D eigenvalue weighted by Gasteiger charge is -2.06. The molecule has 0 saturated heterocycles. The second kappa shape index (κ2) is 7.11. The van der Waals surface area contributed by atoms with E-state index >= 15 is 0 Å². The average molecular weight is 338 g/mol. The first-order valence-corrected chi connectivity index (χ1v) is 7.75. The van der Waals surface area contributed by atoms with Crippen LogP contribution in [0.5, 0.6) is 5.75 Å². The van der Waals surface area contributed by atoms with Gasteiger partial charge in [-0.15, -0.1) is 0 Å². The van der Waals surface area contributed by atoms with E-state index < -0.39 is 5.97 Å². The molecule has 0 unspecified atom stereocenters. The molecular weight excluding hydrogens is 320 g/mol. The minimum Gasteiger partial charge on any atom is -0.507 e. The Morgan fingerprint density at radius 2 is 1.96 bits per heavy atom. The maximum absolute atomic E-state index is 10.9. The molecule has 6 heteroatoms. The Labute approximate surface area is 144 Å². The van der Waals surface area contributed by atoms with E-state index in [0.717, 1.165) is 17.0 Å². The molecule has 0 aliphatic rings. The third-order valence-electron chi connectivity index (χ3n) is 3.80. The fourth-order valence-corrected chi connectivity index (χ4v) is 2.49. The SMILES string of the molecule is NCc1cccc(NCc2ccc(-c3ccc(C(=O)O)c(O)c3)o2)c1. The van der Waals surface area contributed by atoms with Crippen LogP contribution in [0.15, 0.2) is 59.0 Å². The highest BCUT2D eigenvalue weighted by Crippen LogP contribution is 2.28. The van der Waals surface area contributed by atoms with Gasteiger partial charge in [-0.05, 0) is 42.0 Å². The summed E-state index contributed by atoms with van der Waals surface area (Å²) in [5.41, 5.74) is 8.09. The zero-order chi connectivity index (χ0) is 17.8. The minimum atomic E-state index is -1.17. The number of carbonyl (C=O) groups is 1. The maximum atomic E-state index is 10.9. The normalized spacial score (nSPS) is 10.6. The Bertz CT molecular complexity index is 902. The highest BCUT2D eigenvalue weighted by Gasteiger charge is 2.12. The Morgan fingerprint density at radius 1 is 1.12 bits per heavy atom. The van der Waals surface area contributed by atoms with Gasteiger partial charge in [-0.2, -0.15) is 0 Å². The molecule has 0 bridgehead atoms. The molecule has 0 spiro atoms. The molecular formula is C19H18N2O4. The topological polar surface area (TPSA) is 109 Å². The van der Waals surface area contributed by atoms with Gasteiger partial charge in [-0.25, -0.2) is 4.79 Å². The summed E-state index contributed by atoms with van der Waals surface area (Å²) in [6.07, 6.45) is 0. The van der Waals surface area contributed by atoms with Crippen LogP contribution in [0.1, 0.15) is 21.7 Å². The van der Waals surface area contributed by atoms with Crippen LogP contribution < -0.4 is 11.1 Å². The van der Waals surface area contributed by atoms with Crippen LogP contribution in [0, 0.1) is 0 Å². The number of benzene rings is 2. The molecule has 0 atom stereocenters. The van der Waals surface area contributed by atoms with Crippen molar-refractivity contribution in [3.8, 4) is 17.1 Å². The Hall–Kier alpha value is -3.25. The summed E-state index contributed by atoms with van der Waals surface area (Å²) in [6, 6.07) is 15.8. The van der Waals surface area contributed by atoms with Crippen LogP contribution in [0.3, 0.4) is 0 Å². The number of aromatic hydroxyl groups is 1. The van der Waals surface area contributed by atoms with Crippen molar-refractivity contribution in [1.82, 2.24) is 0 Å². The lowest BCUT2D eigenvalue weighted by atomic mass is 10.1. The van der Waals surface area contributed by atoms with Gasteiger partial charge in [0.1, 0.15) is 22.8 Å². The van der Waals surface area contributed by atoms with Crippen LogP contribution in [0.4, 0.5) is 5.69 Å². The number of nitrogens with two attached hydrogens (primary N) is 1. The monoisotopic (exact) mass is 338 g/mol. The van der Waals surface area contributed by atoms with Crippen molar-refractivity contribution in [2.75, 3.05) is 5.32 Å². The van der Waals surface area contributed by atoms with E-state index in [9.17, 15) is 9.90 Å². The van der Waals surface area contributed by atoms with E-state index in [1.54, 1.807) is 12.1 Å². The van der Waals surface area contributed by atoms with E-state index in [1.165, 1.54) is 12.1 Å². The number of nitrogens with one attached hydrogen (secondary N) is 1. The number of phenols is 1. The van der Waals surface area contributed by atoms with E-state index in [4.69, 9.17) is 15.3 Å². The molecule has 1 aromatic heterocycles. The maximum Gasteiger partial charge on any atom is 0.339 e. The molecule has 0 radical (unpaired) electrons. The lowest BCUT2D eigenvalue weighted by molar-refractivity contribution is 0.0693. The van der Waals surface area contributed by atoms with Crippen LogP contribution in [-0.4, -0.2) is 16.2 Å². The van der Waals surface area contributed by atoms with Gasteiger partial charge in [0, 0.05) is 17.8 Å². The summed E-state index contributed by atoms with van der Waals surface area (Å²) < 4.78 is 5.76. The zero-order valence-electron chi connectivity index (χ0n) is 13.4. The summed E-state index contributed by atoms with van der Waals surface area (Å²) in [4.78, 5) is 10.9. The van der Waals surface area contributed by atoms with Gasteiger partial charge in [-0.1, -0.05) is 18.2 Å². The fourth-order valence-electron chi connectivity index (χ4n) is 2.49. The molecule has 0 fully saturated rings. The quantitative estimate of drug-likeness (QED) is 0.548. The second-order valence-corrected chi connectivity index (χ2v) is 5.56. The Kier molecular flexibility index (Phi) is 4.72. The van der Waals surface area contributed by atoms with Gasteiger partial charge in [0.2, 0.25) is 0 Å². The smallest absolute Gasteiger partial charge is 0.339 e. The number of aromatic carboxylic acids is 1. The van der Waals surface area contributed by atoms with Gasteiger partial charge in [-0.3, -0.25) is 0 Å². The number of furan rings is 1.